The van der Waals surface area contributed by atoms with Gasteiger partial charge in [0.25, 0.3) is 0 Å². The van der Waals surface area contributed by atoms with Crippen LogP contribution in [0.15, 0.2) is 30.0 Å². The van der Waals surface area contributed by atoms with Gasteiger partial charge >= 0.3 is 0 Å². The quantitative estimate of drug-likeness (QED) is 0.780. The zero-order valence-corrected chi connectivity index (χ0v) is 9.29. The average Bonchev–Trinajstić information content (AvgIpc) is 2.34. The molecule has 0 aliphatic rings. The molecule has 5 heteroatoms. The molecule has 0 atom stereocenters. The summed E-state index contributed by atoms with van der Waals surface area (Å²) in [6, 6.07) is 7.64. The van der Waals surface area contributed by atoms with Gasteiger partial charge in [0, 0.05) is 12.7 Å². The maximum absolute atomic E-state index is 13.1. The average molecular weight is 230 g/mol. The van der Waals surface area contributed by atoms with Crippen molar-refractivity contribution in [2.45, 2.75) is 6.92 Å². The zero-order valence-electron chi connectivity index (χ0n) is 9.29. The van der Waals surface area contributed by atoms with E-state index in [1.54, 1.807) is 18.2 Å². The molecule has 0 saturated heterocycles. The molecule has 0 heterocycles. The normalized spacial score (nSPS) is 8.71. The van der Waals surface area contributed by atoms with E-state index in [0.717, 1.165) is 0 Å². The fraction of sp³-hybridized carbons (Fsp3) is 0.167. The van der Waals surface area contributed by atoms with Crippen molar-refractivity contribution in [3.63, 3.8) is 0 Å². The molecule has 0 saturated carbocycles. The van der Waals surface area contributed by atoms with E-state index in [9.17, 15) is 4.39 Å². The van der Waals surface area contributed by atoms with Crippen LogP contribution in [-0.4, -0.2) is 6.54 Å². The third kappa shape index (κ3) is 3.51. The number of nitrogens with zero attached hydrogens (tertiary/aromatic N) is 2. The molecule has 2 N–H and O–H groups in total. The molecule has 1 aromatic rings. The van der Waals surface area contributed by atoms with E-state index in [0.29, 0.717) is 17.9 Å². The molecule has 0 bridgehead atoms. The third-order valence-electron chi connectivity index (χ3n) is 1.96. The Bertz CT molecular complexity index is 492. The van der Waals surface area contributed by atoms with Crippen molar-refractivity contribution in [2.24, 2.45) is 0 Å². The number of allylic oxidation sites excluding steroid dienone is 1. The van der Waals surface area contributed by atoms with Crippen LogP contribution in [-0.2, 0) is 0 Å². The Hall–Kier alpha value is -2.53. The van der Waals surface area contributed by atoms with Gasteiger partial charge < -0.3 is 10.6 Å². The standard InChI is InChI=1S/C12H11FN4/c1-2-16-11-4-3-10(13)5-12(11)17-8-9(6-14)7-15/h3-5,8,16-17H,2H2,1H3. The number of rotatable bonds is 4. The molecule has 0 amide bonds. The second-order valence-corrected chi connectivity index (χ2v) is 3.15. The van der Waals surface area contributed by atoms with E-state index in [4.69, 9.17) is 10.5 Å². The maximum Gasteiger partial charge on any atom is 0.145 e. The summed E-state index contributed by atoms with van der Waals surface area (Å²) in [6.45, 7) is 2.60. The van der Waals surface area contributed by atoms with Crippen LogP contribution in [0.2, 0.25) is 0 Å². The van der Waals surface area contributed by atoms with Crippen LogP contribution in [0.25, 0.3) is 0 Å². The highest BCUT2D eigenvalue weighted by molar-refractivity contribution is 5.70. The van der Waals surface area contributed by atoms with Crippen LogP contribution in [0.5, 0.6) is 0 Å². The maximum atomic E-state index is 13.1. The molecule has 0 radical (unpaired) electrons. The number of halogens is 1. The fourth-order valence-electron chi connectivity index (χ4n) is 1.22. The SMILES string of the molecule is CCNc1ccc(F)cc1NC=C(C#N)C#N. The highest BCUT2D eigenvalue weighted by atomic mass is 19.1. The molecule has 0 aliphatic carbocycles. The lowest BCUT2D eigenvalue weighted by molar-refractivity contribution is 0.628. The van der Waals surface area contributed by atoms with Crippen molar-refractivity contribution in [3.8, 4) is 12.1 Å². The topological polar surface area (TPSA) is 71.6 Å². The number of benzene rings is 1. The molecule has 0 spiro atoms. The highest BCUT2D eigenvalue weighted by Gasteiger charge is 2.02. The minimum Gasteiger partial charge on any atom is -0.384 e. The number of hydrogen-bond acceptors (Lipinski definition) is 4. The Balaban J connectivity index is 2.97. The second kappa shape index (κ2) is 6.14. The molecule has 0 fully saturated rings. The Morgan fingerprint density at radius 1 is 1.35 bits per heavy atom. The van der Waals surface area contributed by atoms with E-state index >= 15 is 0 Å². The van der Waals surface area contributed by atoms with E-state index in [2.05, 4.69) is 10.6 Å². The summed E-state index contributed by atoms with van der Waals surface area (Å²) >= 11 is 0. The number of hydrogen-bond donors (Lipinski definition) is 2. The van der Waals surface area contributed by atoms with Crippen molar-refractivity contribution >= 4 is 11.4 Å². The Kier molecular flexibility index (Phi) is 4.53. The summed E-state index contributed by atoms with van der Waals surface area (Å²) in [5.74, 6) is -0.391. The van der Waals surface area contributed by atoms with E-state index in [1.807, 2.05) is 6.92 Å². The van der Waals surface area contributed by atoms with Crippen LogP contribution in [0.1, 0.15) is 6.92 Å². The summed E-state index contributed by atoms with van der Waals surface area (Å²) in [7, 11) is 0. The third-order valence-corrected chi connectivity index (χ3v) is 1.96. The molecule has 17 heavy (non-hydrogen) atoms. The van der Waals surface area contributed by atoms with Gasteiger partial charge in [0.1, 0.15) is 23.5 Å². The van der Waals surface area contributed by atoms with Gasteiger partial charge in [0.2, 0.25) is 0 Å². The summed E-state index contributed by atoms with van der Waals surface area (Å²) in [6.07, 6.45) is 1.25. The summed E-state index contributed by atoms with van der Waals surface area (Å²) < 4.78 is 13.1. The lowest BCUT2D eigenvalue weighted by atomic mass is 10.2. The molecular weight excluding hydrogens is 219 g/mol. The van der Waals surface area contributed by atoms with E-state index < -0.39 is 5.82 Å². The van der Waals surface area contributed by atoms with Gasteiger partial charge in [-0.25, -0.2) is 4.39 Å². The van der Waals surface area contributed by atoms with Gasteiger partial charge in [0.05, 0.1) is 11.4 Å². The largest absolute Gasteiger partial charge is 0.384 e. The fourth-order valence-corrected chi connectivity index (χ4v) is 1.22. The van der Waals surface area contributed by atoms with Crippen molar-refractivity contribution < 1.29 is 4.39 Å². The predicted molar refractivity (Wildman–Crippen MR) is 63.5 cm³/mol. The molecule has 1 aromatic carbocycles. The van der Waals surface area contributed by atoms with Gasteiger partial charge in [-0.3, -0.25) is 0 Å². The molecule has 1 rings (SSSR count). The van der Waals surface area contributed by atoms with Gasteiger partial charge in [-0.15, -0.1) is 0 Å². The monoisotopic (exact) mass is 230 g/mol. The molecule has 4 nitrogen and oxygen atoms in total. The Morgan fingerprint density at radius 2 is 2.06 bits per heavy atom. The summed E-state index contributed by atoms with van der Waals surface area (Å²) in [5, 5.41) is 22.9. The van der Waals surface area contributed by atoms with Crippen molar-refractivity contribution in [1.29, 1.82) is 10.5 Å². The summed E-state index contributed by atoms with van der Waals surface area (Å²) in [5.41, 5.74) is 1.12. The van der Waals surface area contributed by atoms with Crippen molar-refractivity contribution in [1.82, 2.24) is 0 Å². The van der Waals surface area contributed by atoms with Crippen LogP contribution >= 0.6 is 0 Å². The van der Waals surface area contributed by atoms with Crippen molar-refractivity contribution in [3.05, 3.63) is 35.8 Å². The first-order valence-electron chi connectivity index (χ1n) is 5.01. The first-order chi connectivity index (χ1) is 8.21. The number of nitrogens with one attached hydrogen (secondary N) is 2. The zero-order chi connectivity index (χ0) is 12.7. The molecule has 86 valence electrons. The number of anilines is 2. The smallest absolute Gasteiger partial charge is 0.145 e. The minimum atomic E-state index is -0.391. The Morgan fingerprint density at radius 3 is 2.65 bits per heavy atom. The van der Waals surface area contributed by atoms with Crippen molar-refractivity contribution in [2.75, 3.05) is 17.2 Å². The number of nitriles is 2. The van der Waals surface area contributed by atoms with Crippen LogP contribution < -0.4 is 10.6 Å². The van der Waals surface area contributed by atoms with Gasteiger partial charge in [0.15, 0.2) is 0 Å². The molecule has 0 aromatic heterocycles. The molecular formula is C12H11FN4. The summed E-state index contributed by atoms with van der Waals surface area (Å²) in [4.78, 5) is 0. The van der Waals surface area contributed by atoms with E-state index in [1.165, 1.54) is 18.3 Å². The molecule has 0 unspecified atom stereocenters. The second-order valence-electron chi connectivity index (χ2n) is 3.15. The van der Waals surface area contributed by atoms with Gasteiger partial charge in [-0.05, 0) is 25.1 Å². The first-order valence-corrected chi connectivity index (χ1v) is 5.01. The lowest BCUT2D eigenvalue weighted by Crippen LogP contribution is -2.01. The first kappa shape index (κ1) is 12.5. The van der Waals surface area contributed by atoms with E-state index in [-0.39, 0.29) is 5.57 Å². The van der Waals surface area contributed by atoms with Crippen LogP contribution in [0.4, 0.5) is 15.8 Å². The van der Waals surface area contributed by atoms with Gasteiger partial charge in [-0.2, -0.15) is 10.5 Å². The highest BCUT2D eigenvalue weighted by Crippen LogP contribution is 2.22. The predicted octanol–water partition coefficient (Wildman–Crippen LogP) is 2.60. The minimum absolute atomic E-state index is 0.0725. The Labute approximate surface area is 99.0 Å². The van der Waals surface area contributed by atoms with Crippen LogP contribution in [0, 0.1) is 28.5 Å². The van der Waals surface area contributed by atoms with Crippen LogP contribution in [0.3, 0.4) is 0 Å². The van der Waals surface area contributed by atoms with Gasteiger partial charge in [-0.1, -0.05) is 0 Å². The lowest BCUT2D eigenvalue weighted by Gasteiger charge is -2.10. The molecule has 0 aliphatic heterocycles.